The van der Waals surface area contributed by atoms with Crippen molar-refractivity contribution in [2.45, 2.75) is 32.6 Å². The molecule has 2 rings (SSSR count). The van der Waals surface area contributed by atoms with Gasteiger partial charge in [-0.3, -0.25) is 4.79 Å². The van der Waals surface area contributed by atoms with E-state index in [9.17, 15) is 4.79 Å². The van der Waals surface area contributed by atoms with Crippen molar-refractivity contribution in [1.82, 2.24) is 10.6 Å². The molecule has 1 aromatic carbocycles. The zero-order chi connectivity index (χ0) is 13.9. The van der Waals surface area contributed by atoms with Gasteiger partial charge in [-0.15, -0.1) is 0 Å². The van der Waals surface area contributed by atoms with Gasteiger partial charge in [-0.1, -0.05) is 44.2 Å². The van der Waals surface area contributed by atoms with Gasteiger partial charge in [0.15, 0.2) is 0 Å². The van der Waals surface area contributed by atoms with Crippen LogP contribution in [0, 0.1) is 5.41 Å². The van der Waals surface area contributed by atoms with Crippen molar-refractivity contribution in [2.75, 3.05) is 19.6 Å². The van der Waals surface area contributed by atoms with Gasteiger partial charge >= 0.3 is 0 Å². The fourth-order valence-corrected chi connectivity index (χ4v) is 2.52. The number of hydrogen-bond donors (Lipinski definition) is 2. The van der Waals surface area contributed by atoms with Crippen LogP contribution in [0.4, 0.5) is 0 Å². The number of hydrogen-bond acceptors (Lipinski definition) is 2. The summed E-state index contributed by atoms with van der Waals surface area (Å²) < 4.78 is 0. The van der Waals surface area contributed by atoms with Gasteiger partial charge in [-0.25, -0.2) is 0 Å². The van der Waals surface area contributed by atoms with E-state index in [0.717, 1.165) is 19.5 Å². The standard InChI is InChI=1S/C16H24N2O/c1-15(2,13-7-5-4-6-8-13)11-18-14(19)16(3)9-10-17-12-16/h4-8,17H,9-12H2,1-3H3,(H,18,19). The summed E-state index contributed by atoms with van der Waals surface area (Å²) >= 11 is 0. The lowest BCUT2D eigenvalue weighted by atomic mass is 9.83. The Balaban J connectivity index is 1.96. The molecule has 3 heteroatoms. The van der Waals surface area contributed by atoms with Crippen LogP contribution in [0.25, 0.3) is 0 Å². The molecule has 0 saturated carbocycles. The molecule has 0 bridgehead atoms. The van der Waals surface area contributed by atoms with Crippen LogP contribution in [0.3, 0.4) is 0 Å². The maximum absolute atomic E-state index is 12.3. The van der Waals surface area contributed by atoms with Crippen LogP contribution in [0.5, 0.6) is 0 Å². The van der Waals surface area contributed by atoms with Crippen molar-refractivity contribution >= 4 is 5.91 Å². The summed E-state index contributed by atoms with van der Waals surface area (Å²) in [5.41, 5.74) is 0.969. The maximum atomic E-state index is 12.3. The zero-order valence-corrected chi connectivity index (χ0v) is 12.1. The lowest BCUT2D eigenvalue weighted by molar-refractivity contribution is -0.129. The van der Waals surface area contributed by atoms with Crippen molar-refractivity contribution < 1.29 is 4.79 Å². The first-order valence-electron chi connectivity index (χ1n) is 6.99. The average molecular weight is 260 g/mol. The van der Waals surface area contributed by atoms with Crippen LogP contribution >= 0.6 is 0 Å². The molecule has 0 spiro atoms. The summed E-state index contributed by atoms with van der Waals surface area (Å²) in [4.78, 5) is 12.3. The molecular weight excluding hydrogens is 236 g/mol. The molecule has 1 unspecified atom stereocenters. The highest BCUT2D eigenvalue weighted by Crippen LogP contribution is 2.26. The van der Waals surface area contributed by atoms with E-state index in [2.05, 4.69) is 36.6 Å². The molecule has 1 atom stereocenters. The molecule has 0 aliphatic carbocycles. The van der Waals surface area contributed by atoms with E-state index in [-0.39, 0.29) is 16.7 Å². The molecular formula is C16H24N2O. The van der Waals surface area contributed by atoms with Gasteiger partial charge in [-0.2, -0.15) is 0 Å². The molecule has 1 aliphatic heterocycles. The Labute approximate surface area is 115 Å². The van der Waals surface area contributed by atoms with Gasteiger partial charge in [0, 0.05) is 18.5 Å². The van der Waals surface area contributed by atoms with E-state index in [1.165, 1.54) is 5.56 Å². The van der Waals surface area contributed by atoms with Crippen LogP contribution < -0.4 is 10.6 Å². The summed E-state index contributed by atoms with van der Waals surface area (Å²) in [7, 11) is 0. The highest BCUT2D eigenvalue weighted by molar-refractivity contribution is 5.83. The molecule has 1 heterocycles. The predicted molar refractivity (Wildman–Crippen MR) is 78.1 cm³/mol. The van der Waals surface area contributed by atoms with Crippen LogP contribution in [0.1, 0.15) is 32.8 Å². The smallest absolute Gasteiger partial charge is 0.227 e. The molecule has 1 fully saturated rings. The molecule has 19 heavy (non-hydrogen) atoms. The monoisotopic (exact) mass is 260 g/mol. The Morgan fingerprint density at radius 2 is 2.05 bits per heavy atom. The Morgan fingerprint density at radius 1 is 1.37 bits per heavy atom. The summed E-state index contributed by atoms with van der Waals surface area (Å²) in [6.07, 6.45) is 0.921. The first-order chi connectivity index (χ1) is 8.94. The van der Waals surface area contributed by atoms with Crippen LogP contribution in [-0.4, -0.2) is 25.5 Å². The van der Waals surface area contributed by atoms with Crippen molar-refractivity contribution in [3.05, 3.63) is 35.9 Å². The molecule has 0 aromatic heterocycles. The van der Waals surface area contributed by atoms with Gasteiger partial charge in [0.2, 0.25) is 5.91 Å². The molecule has 1 saturated heterocycles. The molecule has 1 aromatic rings. The second-order valence-electron chi connectivity index (χ2n) is 6.42. The minimum absolute atomic E-state index is 0.0423. The van der Waals surface area contributed by atoms with Crippen molar-refractivity contribution in [2.24, 2.45) is 5.41 Å². The third-order valence-electron chi connectivity index (χ3n) is 4.16. The van der Waals surface area contributed by atoms with Crippen molar-refractivity contribution in [3.8, 4) is 0 Å². The largest absolute Gasteiger partial charge is 0.355 e. The normalized spacial score (nSPS) is 23.3. The molecule has 2 N–H and O–H groups in total. The second kappa shape index (κ2) is 5.33. The van der Waals surface area contributed by atoms with Gasteiger partial charge in [-0.05, 0) is 25.5 Å². The maximum Gasteiger partial charge on any atom is 0.227 e. The van der Waals surface area contributed by atoms with Gasteiger partial charge < -0.3 is 10.6 Å². The molecule has 1 amide bonds. The zero-order valence-electron chi connectivity index (χ0n) is 12.1. The lowest BCUT2D eigenvalue weighted by Gasteiger charge is -2.29. The first-order valence-corrected chi connectivity index (χ1v) is 6.99. The number of carbonyl (C=O) groups excluding carboxylic acids is 1. The molecule has 0 radical (unpaired) electrons. The minimum atomic E-state index is -0.243. The number of carbonyl (C=O) groups is 1. The van der Waals surface area contributed by atoms with Gasteiger partial charge in [0.25, 0.3) is 0 Å². The van der Waals surface area contributed by atoms with Gasteiger partial charge in [0.1, 0.15) is 0 Å². The van der Waals surface area contributed by atoms with Crippen molar-refractivity contribution in [1.29, 1.82) is 0 Å². The summed E-state index contributed by atoms with van der Waals surface area (Å²) in [6, 6.07) is 10.3. The van der Waals surface area contributed by atoms with E-state index in [0.29, 0.717) is 6.54 Å². The number of amides is 1. The van der Waals surface area contributed by atoms with E-state index < -0.39 is 0 Å². The summed E-state index contributed by atoms with van der Waals surface area (Å²) in [5, 5.41) is 6.39. The first kappa shape index (κ1) is 14.1. The Kier molecular flexibility index (Phi) is 3.95. The minimum Gasteiger partial charge on any atom is -0.355 e. The lowest BCUT2D eigenvalue weighted by Crippen LogP contribution is -2.45. The fourth-order valence-electron chi connectivity index (χ4n) is 2.52. The number of benzene rings is 1. The molecule has 3 nitrogen and oxygen atoms in total. The Hall–Kier alpha value is -1.35. The summed E-state index contributed by atoms with van der Waals surface area (Å²) in [5.74, 6) is 0.168. The SMILES string of the molecule is CC1(C(=O)NCC(C)(C)c2ccccc2)CCNC1. The number of rotatable bonds is 4. The van der Waals surface area contributed by atoms with E-state index in [1.54, 1.807) is 0 Å². The van der Waals surface area contributed by atoms with Crippen LogP contribution in [-0.2, 0) is 10.2 Å². The third-order valence-corrected chi connectivity index (χ3v) is 4.16. The Morgan fingerprint density at radius 3 is 2.63 bits per heavy atom. The number of nitrogens with one attached hydrogen (secondary N) is 2. The van der Waals surface area contributed by atoms with Crippen molar-refractivity contribution in [3.63, 3.8) is 0 Å². The quantitative estimate of drug-likeness (QED) is 0.870. The third kappa shape index (κ3) is 3.16. The highest BCUT2D eigenvalue weighted by atomic mass is 16.2. The summed E-state index contributed by atoms with van der Waals surface area (Å²) in [6.45, 7) is 8.76. The van der Waals surface area contributed by atoms with Gasteiger partial charge in [0.05, 0.1) is 5.41 Å². The van der Waals surface area contributed by atoms with Crippen LogP contribution in [0.2, 0.25) is 0 Å². The Bertz CT molecular complexity index is 433. The second-order valence-corrected chi connectivity index (χ2v) is 6.42. The fraction of sp³-hybridized carbons (Fsp3) is 0.562. The van der Waals surface area contributed by atoms with Crippen LogP contribution in [0.15, 0.2) is 30.3 Å². The predicted octanol–water partition coefficient (Wildman–Crippen LogP) is 2.08. The average Bonchev–Trinajstić information content (AvgIpc) is 2.85. The van der Waals surface area contributed by atoms with E-state index in [1.807, 2.05) is 25.1 Å². The highest BCUT2D eigenvalue weighted by Gasteiger charge is 2.36. The van der Waals surface area contributed by atoms with E-state index >= 15 is 0 Å². The molecule has 1 aliphatic rings. The topological polar surface area (TPSA) is 41.1 Å². The molecule has 104 valence electrons. The van der Waals surface area contributed by atoms with E-state index in [4.69, 9.17) is 0 Å².